The zero-order valence-electron chi connectivity index (χ0n) is 9.51. The van der Waals surface area contributed by atoms with E-state index < -0.39 is 0 Å². The summed E-state index contributed by atoms with van der Waals surface area (Å²) in [5, 5.41) is 3.54. The van der Waals surface area contributed by atoms with Crippen molar-refractivity contribution in [3.63, 3.8) is 0 Å². The molecule has 1 atom stereocenters. The number of nitrogens with one attached hydrogen (secondary N) is 1. The van der Waals surface area contributed by atoms with Crippen molar-refractivity contribution in [3.05, 3.63) is 12.7 Å². The van der Waals surface area contributed by atoms with Crippen LogP contribution in [0.5, 0.6) is 0 Å². The molecule has 0 aliphatic rings. The summed E-state index contributed by atoms with van der Waals surface area (Å²) in [5.74, 6) is 0.687. The smallest absolute Gasteiger partial charge is 0.0217 e. The first-order chi connectivity index (χ1) is 6.07. The Kier molecular flexibility index (Phi) is 6.92. The van der Waals surface area contributed by atoms with Gasteiger partial charge in [0.15, 0.2) is 0 Å². The third-order valence-corrected chi connectivity index (χ3v) is 2.12. The molecule has 1 N–H and O–H groups in total. The highest BCUT2D eigenvalue weighted by Crippen LogP contribution is 2.02. The first kappa shape index (κ1) is 12.7. The third kappa shape index (κ3) is 6.79. The summed E-state index contributed by atoms with van der Waals surface area (Å²) in [5.41, 5.74) is 0. The van der Waals surface area contributed by atoms with Crippen LogP contribution in [0, 0.1) is 5.92 Å². The van der Waals surface area contributed by atoms with E-state index in [1.54, 1.807) is 0 Å². The monoisotopic (exact) mass is 184 g/mol. The van der Waals surface area contributed by atoms with Crippen molar-refractivity contribution >= 4 is 0 Å². The van der Waals surface area contributed by atoms with Crippen LogP contribution in [0.2, 0.25) is 0 Å². The predicted octanol–water partition coefficient (Wildman–Crippen LogP) is 1.74. The molecule has 0 aliphatic heterocycles. The second-order valence-electron chi connectivity index (χ2n) is 4.14. The molecule has 0 fully saturated rings. The molecule has 0 aromatic heterocycles. The average molecular weight is 184 g/mol. The molecule has 0 spiro atoms. The molecule has 0 rings (SSSR count). The van der Waals surface area contributed by atoms with E-state index in [0.29, 0.717) is 12.0 Å². The highest BCUT2D eigenvalue weighted by molar-refractivity contribution is 4.75. The second kappa shape index (κ2) is 7.10. The van der Waals surface area contributed by atoms with Gasteiger partial charge in [-0.3, -0.25) is 0 Å². The molecule has 0 heterocycles. The number of rotatable bonds is 7. The molecule has 0 aromatic carbocycles. The van der Waals surface area contributed by atoms with Crippen LogP contribution in [0.25, 0.3) is 0 Å². The Balaban J connectivity index is 3.73. The van der Waals surface area contributed by atoms with Crippen molar-refractivity contribution in [3.8, 4) is 0 Å². The number of hydrogen-bond donors (Lipinski definition) is 1. The summed E-state index contributed by atoms with van der Waals surface area (Å²) < 4.78 is 0. The van der Waals surface area contributed by atoms with Crippen LogP contribution in [0.1, 0.15) is 20.3 Å². The van der Waals surface area contributed by atoms with Gasteiger partial charge in [-0.25, -0.2) is 0 Å². The molecule has 0 saturated carbocycles. The molecule has 13 heavy (non-hydrogen) atoms. The lowest BCUT2D eigenvalue weighted by Crippen LogP contribution is -2.42. The molecule has 2 heteroatoms. The largest absolute Gasteiger partial charge is 0.312 e. The maximum atomic E-state index is 3.71. The van der Waals surface area contributed by atoms with Crippen LogP contribution in [-0.4, -0.2) is 38.1 Å². The Labute approximate surface area is 83.0 Å². The van der Waals surface area contributed by atoms with Crippen LogP contribution >= 0.6 is 0 Å². The summed E-state index contributed by atoms with van der Waals surface area (Å²) in [6, 6.07) is 0.593. The summed E-state index contributed by atoms with van der Waals surface area (Å²) in [4.78, 5) is 2.23. The van der Waals surface area contributed by atoms with E-state index in [9.17, 15) is 0 Å². The van der Waals surface area contributed by atoms with Gasteiger partial charge in [0, 0.05) is 12.6 Å². The van der Waals surface area contributed by atoms with E-state index in [-0.39, 0.29) is 0 Å². The van der Waals surface area contributed by atoms with E-state index in [2.05, 4.69) is 44.7 Å². The number of nitrogens with zero attached hydrogens (tertiary/aromatic N) is 1. The zero-order valence-corrected chi connectivity index (χ0v) is 9.51. The van der Waals surface area contributed by atoms with Gasteiger partial charge in [0.2, 0.25) is 0 Å². The fourth-order valence-electron chi connectivity index (χ4n) is 1.28. The highest BCUT2D eigenvalue weighted by atomic mass is 15.1. The van der Waals surface area contributed by atoms with Gasteiger partial charge in [-0.1, -0.05) is 19.9 Å². The molecule has 1 unspecified atom stereocenters. The lowest BCUT2D eigenvalue weighted by Gasteiger charge is -2.25. The molecule has 0 radical (unpaired) electrons. The molecular weight excluding hydrogens is 160 g/mol. The van der Waals surface area contributed by atoms with Gasteiger partial charge in [0.1, 0.15) is 0 Å². The molecule has 2 nitrogen and oxygen atoms in total. The fourth-order valence-corrected chi connectivity index (χ4v) is 1.28. The predicted molar refractivity (Wildman–Crippen MR) is 60.0 cm³/mol. The van der Waals surface area contributed by atoms with Crippen molar-refractivity contribution in [2.75, 3.05) is 27.2 Å². The SMILES string of the molecule is C=CCCNC(CN(C)C)C(C)C. The van der Waals surface area contributed by atoms with Gasteiger partial charge in [0.05, 0.1) is 0 Å². The third-order valence-electron chi connectivity index (χ3n) is 2.12. The quantitative estimate of drug-likeness (QED) is 0.479. The van der Waals surface area contributed by atoms with E-state index in [1.807, 2.05) is 6.08 Å². The molecule has 78 valence electrons. The fraction of sp³-hybridized carbons (Fsp3) is 0.818. The lowest BCUT2D eigenvalue weighted by atomic mass is 10.0. The lowest BCUT2D eigenvalue weighted by molar-refractivity contribution is 0.291. The second-order valence-corrected chi connectivity index (χ2v) is 4.14. The van der Waals surface area contributed by atoms with Crippen molar-refractivity contribution < 1.29 is 0 Å². The molecule has 0 bridgehead atoms. The molecule has 0 saturated heterocycles. The molecular formula is C11H24N2. The Morgan fingerprint density at radius 2 is 2.00 bits per heavy atom. The van der Waals surface area contributed by atoms with Crippen molar-refractivity contribution in [2.45, 2.75) is 26.3 Å². The van der Waals surface area contributed by atoms with Crippen LogP contribution in [-0.2, 0) is 0 Å². The first-order valence-electron chi connectivity index (χ1n) is 5.07. The van der Waals surface area contributed by atoms with Crippen LogP contribution in [0.4, 0.5) is 0 Å². The zero-order chi connectivity index (χ0) is 10.3. The Bertz CT molecular complexity index is 130. The van der Waals surface area contributed by atoms with Crippen molar-refractivity contribution in [1.82, 2.24) is 10.2 Å². The minimum atomic E-state index is 0.593. The van der Waals surface area contributed by atoms with Gasteiger partial charge in [-0.15, -0.1) is 6.58 Å². The summed E-state index contributed by atoms with van der Waals surface area (Å²) >= 11 is 0. The van der Waals surface area contributed by atoms with E-state index in [4.69, 9.17) is 0 Å². The summed E-state index contributed by atoms with van der Waals surface area (Å²) in [7, 11) is 4.23. The van der Waals surface area contributed by atoms with E-state index in [1.165, 1.54) is 0 Å². The normalized spacial score (nSPS) is 13.7. The van der Waals surface area contributed by atoms with Crippen LogP contribution in [0.3, 0.4) is 0 Å². The first-order valence-corrected chi connectivity index (χ1v) is 5.07. The van der Waals surface area contributed by atoms with Gasteiger partial charge in [-0.05, 0) is 33.0 Å². The minimum absolute atomic E-state index is 0.593. The van der Waals surface area contributed by atoms with E-state index in [0.717, 1.165) is 19.5 Å². The highest BCUT2D eigenvalue weighted by Gasteiger charge is 2.12. The standard InChI is InChI=1S/C11H24N2/c1-6-7-8-12-11(10(2)3)9-13(4)5/h6,10-12H,1,7-9H2,2-5H3. The topological polar surface area (TPSA) is 15.3 Å². The minimum Gasteiger partial charge on any atom is -0.312 e. The molecule has 0 aromatic rings. The maximum Gasteiger partial charge on any atom is 0.0217 e. The number of hydrogen-bond acceptors (Lipinski definition) is 2. The Hall–Kier alpha value is -0.340. The van der Waals surface area contributed by atoms with E-state index >= 15 is 0 Å². The maximum absolute atomic E-state index is 3.71. The Morgan fingerprint density at radius 1 is 1.38 bits per heavy atom. The van der Waals surface area contributed by atoms with Gasteiger partial charge in [0.25, 0.3) is 0 Å². The van der Waals surface area contributed by atoms with Gasteiger partial charge < -0.3 is 10.2 Å². The van der Waals surface area contributed by atoms with Crippen molar-refractivity contribution in [2.24, 2.45) is 5.92 Å². The molecule has 0 amide bonds. The molecule has 0 aliphatic carbocycles. The average Bonchev–Trinajstić information content (AvgIpc) is 2.02. The van der Waals surface area contributed by atoms with Crippen molar-refractivity contribution in [1.29, 1.82) is 0 Å². The summed E-state index contributed by atoms with van der Waals surface area (Å²) in [6.45, 7) is 10.4. The van der Waals surface area contributed by atoms with Gasteiger partial charge >= 0.3 is 0 Å². The number of likely N-dealkylation sites (N-methyl/N-ethyl adjacent to an activating group) is 1. The van der Waals surface area contributed by atoms with Crippen LogP contribution in [0.15, 0.2) is 12.7 Å². The summed E-state index contributed by atoms with van der Waals surface area (Å²) in [6.07, 6.45) is 3.01. The Morgan fingerprint density at radius 3 is 2.38 bits per heavy atom. The van der Waals surface area contributed by atoms with Crippen LogP contribution < -0.4 is 5.32 Å². The van der Waals surface area contributed by atoms with Gasteiger partial charge in [-0.2, -0.15) is 0 Å².